The fraction of sp³-hybridized carbons (Fsp3) is 0.222. The van der Waals surface area contributed by atoms with E-state index in [2.05, 4.69) is 26.8 Å². The number of amides is 2. The summed E-state index contributed by atoms with van der Waals surface area (Å²) in [5.74, 6) is -0.991. The molecule has 1 heterocycles. The predicted octanol–water partition coefficient (Wildman–Crippen LogP) is 2.31. The van der Waals surface area contributed by atoms with Crippen molar-refractivity contribution in [3.63, 3.8) is 0 Å². The molecule has 27 heavy (non-hydrogen) atoms. The summed E-state index contributed by atoms with van der Waals surface area (Å²) in [6.45, 7) is 1.04. The summed E-state index contributed by atoms with van der Waals surface area (Å²) in [4.78, 5) is 24.3. The number of hydrogen-bond acceptors (Lipinski definition) is 4. The molecule has 7 nitrogen and oxygen atoms in total. The van der Waals surface area contributed by atoms with E-state index in [4.69, 9.17) is 0 Å². The van der Waals surface area contributed by atoms with Crippen molar-refractivity contribution in [3.05, 3.63) is 64.1 Å². The number of carbonyl (C=O) groups excluding carboxylic acids is 2. The maximum Gasteiger partial charge on any atom is 0.269 e. The molecule has 1 aliphatic heterocycles. The zero-order chi connectivity index (χ0) is 19.4. The molecule has 0 radical (unpaired) electrons. The van der Waals surface area contributed by atoms with Crippen LogP contribution in [-0.2, 0) is 10.0 Å². The molecule has 2 amide bonds. The van der Waals surface area contributed by atoms with Gasteiger partial charge in [-0.15, -0.1) is 0 Å². The monoisotopic (exact) mass is 451 g/mol. The summed E-state index contributed by atoms with van der Waals surface area (Å²) in [6, 6.07) is 12.3. The highest BCUT2D eigenvalue weighted by molar-refractivity contribution is 9.10. The van der Waals surface area contributed by atoms with Gasteiger partial charge in [-0.05, 0) is 61.4 Å². The van der Waals surface area contributed by atoms with E-state index in [0.717, 1.165) is 17.3 Å². The lowest BCUT2D eigenvalue weighted by atomic mass is 10.2. The Morgan fingerprint density at radius 3 is 1.74 bits per heavy atom. The Bertz CT molecular complexity index is 938. The zero-order valence-electron chi connectivity index (χ0n) is 14.3. The van der Waals surface area contributed by atoms with Gasteiger partial charge in [0.2, 0.25) is 10.0 Å². The lowest BCUT2D eigenvalue weighted by molar-refractivity contribution is 0.0846. The van der Waals surface area contributed by atoms with Crippen LogP contribution in [0.1, 0.15) is 33.6 Å². The van der Waals surface area contributed by atoms with Crippen LogP contribution < -0.4 is 10.9 Å². The number of carbonyl (C=O) groups is 2. The minimum atomic E-state index is -3.52. The summed E-state index contributed by atoms with van der Waals surface area (Å²) >= 11 is 3.28. The molecule has 0 saturated carbocycles. The van der Waals surface area contributed by atoms with Gasteiger partial charge in [-0.2, -0.15) is 4.31 Å². The van der Waals surface area contributed by atoms with Crippen molar-refractivity contribution in [3.8, 4) is 0 Å². The van der Waals surface area contributed by atoms with Gasteiger partial charge in [0.25, 0.3) is 11.8 Å². The molecule has 2 N–H and O–H groups in total. The second-order valence-corrected chi connectivity index (χ2v) is 8.90. The smallest absolute Gasteiger partial charge is 0.267 e. The Hall–Kier alpha value is -2.23. The van der Waals surface area contributed by atoms with Gasteiger partial charge in [-0.25, -0.2) is 8.42 Å². The molecule has 2 aromatic rings. The summed E-state index contributed by atoms with van der Waals surface area (Å²) in [6.07, 6.45) is 1.72. The number of nitrogens with zero attached hydrogens (tertiary/aromatic N) is 1. The van der Waals surface area contributed by atoms with Gasteiger partial charge in [0.05, 0.1) is 4.90 Å². The first-order valence-corrected chi connectivity index (χ1v) is 10.6. The van der Waals surface area contributed by atoms with Crippen molar-refractivity contribution in [2.45, 2.75) is 17.7 Å². The van der Waals surface area contributed by atoms with Crippen molar-refractivity contribution in [2.75, 3.05) is 13.1 Å². The minimum Gasteiger partial charge on any atom is -0.267 e. The van der Waals surface area contributed by atoms with Crippen LogP contribution in [0.3, 0.4) is 0 Å². The highest BCUT2D eigenvalue weighted by Gasteiger charge is 2.27. The van der Waals surface area contributed by atoms with Crippen LogP contribution in [0.4, 0.5) is 0 Å². The number of hydrazine groups is 1. The Kier molecular flexibility index (Phi) is 5.93. The van der Waals surface area contributed by atoms with Crippen LogP contribution in [0, 0.1) is 0 Å². The van der Waals surface area contributed by atoms with Gasteiger partial charge in [0, 0.05) is 28.7 Å². The molecule has 0 atom stereocenters. The van der Waals surface area contributed by atoms with E-state index < -0.39 is 21.8 Å². The number of halogens is 1. The van der Waals surface area contributed by atoms with E-state index in [1.54, 1.807) is 24.3 Å². The van der Waals surface area contributed by atoms with Crippen molar-refractivity contribution in [1.82, 2.24) is 15.2 Å². The molecular formula is C18H18BrN3O4S. The van der Waals surface area contributed by atoms with Gasteiger partial charge >= 0.3 is 0 Å². The van der Waals surface area contributed by atoms with Crippen molar-refractivity contribution in [1.29, 1.82) is 0 Å². The molecule has 1 saturated heterocycles. The highest BCUT2D eigenvalue weighted by atomic mass is 79.9. The summed E-state index contributed by atoms with van der Waals surface area (Å²) in [5.41, 5.74) is 5.28. The average molecular weight is 452 g/mol. The Morgan fingerprint density at radius 2 is 1.26 bits per heavy atom. The molecule has 0 aromatic heterocycles. The zero-order valence-corrected chi connectivity index (χ0v) is 16.7. The molecule has 0 aliphatic carbocycles. The Labute approximate surface area is 165 Å². The Morgan fingerprint density at radius 1 is 0.815 bits per heavy atom. The van der Waals surface area contributed by atoms with Gasteiger partial charge in [-0.3, -0.25) is 20.4 Å². The number of rotatable bonds is 4. The number of benzene rings is 2. The maximum absolute atomic E-state index is 12.5. The molecule has 9 heteroatoms. The molecule has 1 fully saturated rings. The first-order chi connectivity index (χ1) is 12.9. The largest absolute Gasteiger partial charge is 0.269 e. The van der Waals surface area contributed by atoms with Crippen LogP contribution >= 0.6 is 15.9 Å². The second-order valence-electron chi connectivity index (χ2n) is 6.05. The predicted molar refractivity (Wildman–Crippen MR) is 104 cm³/mol. The first-order valence-electron chi connectivity index (χ1n) is 8.34. The molecule has 0 bridgehead atoms. The highest BCUT2D eigenvalue weighted by Crippen LogP contribution is 2.21. The van der Waals surface area contributed by atoms with E-state index in [9.17, 15) is 18.0 Å². The van der Waals surface area contributed by atoms with Crippen LogP contribution in [-0.4, -0.2) is 37.6 Å². The topological polar surface area (TPSA) is 95.6 Å². The van der Waals surface area contributed by atoms with Gasteiger partial charge < -0.3 is 0 Å². The molecule has 1 aliphatic rings. The molecule has 142 valence electrons. The molecular weight excluding hydrogens is 434 g/mol. The molecule has 0 unspecified atom stereocenters. The van der Waals surface area contributed by atoms with Crippen LogP contribution in [0.15, 0.2) is 57.9 Å². The van der Waals surface area contributed by atoms with E-state index in [0.29, 0.717) is 18.7 Å². The summed E-state index contributed by atoms with van der Waals surface area (Å²) < 4.78 is 27.2. The third-order valence-electron chi connectivity index (χ3n) is 4.22. The van der Waals surface area contributed by atoms with Crippen molar-refractivity contribution < 1.29 is 18.0 Å². The van der Waals surface area contributed by atoms with Crippen LogP contribution in [0.25, 0.3) is 0 Å². The molecule has 0 spiro atoms. The van der Waals surface area contributed by atoms with Crippen molar-refractivity contribution in [2.24, 2.45) is 0 Å². The molecule has 2 aromatic carbocycles. The van der Waals surface area contributed by atoms with Crippen molar-refractivity contribution >= 4 is 37.8 Å². The lowest BCUT2D eigenvalue weighted by Crippen LogP contribution is -2.41. The lowest BCUT2D eigenvalue weighted by Gasteiger charge is -2.15. The third-order valence-corrected chi connectivity index (χ3v) is 6.66. The third kappa shape index (κ3) is 4.55. The first kappa shape index (κ1) is 19.5. The number of hydrogen-bond donors (Lipinski definition) is 2. The average Bonchev–Trinajstić information content (AvgIpc) is 3.22. The standard InChI is InChI=1S/C18H18BrN3O4S/c19-15-7-3-13(4-8-15)17(23)20-21-18(24)14-5-9-16(10-6-14)27(25,26)22-11-1-2-12-22/h3-10H,1-2,11-12H2,(H,20,23)(H,21,24). The summed E-state index contributed by atoms with van der Waals surface area (Å²) in [7, 11) is -3.52. The maximum atomic E-state index is 12.5. The van der Waals surface area contributed by atoms with E-state index >= 15 is 0 Å². The van der Waals surface area contributed by atoms with E-state index in [-0.39, 0.29) is 10.5 Å². The van der Waals surface area contributed by atoms with Crippen LogP contribution in [0.2, 0.25) is 0 Å². The minimum absolute atomic E-state index is 0.153. The fourth-order valence-corrected chi connectivity index (χ4v) is 4.50. The Balaban J connectivity index is 1.62. The van der Waals surface area contributed by atoms with E-state index in [1.807, 2.05) is 0 Å². The van der Waals surface area contributed by atoms with Gasteiger partial charge in [0.15, 0.2) is 0 Å². The number of sulfonamides is 1. The second kappa shape index (κ2) is 8.20. The summed E-state index contributed by atoms with van der Waals surface area (Å²) in [5, 5.41) is 0. The van der Waals surface area contributed by atoms with Gasteiger partial charge in [0.1, 0.15) is 0 Å². The van der Waals surface area contributed by atoms with Crippen LogP contribution in [0.5, 0.6) is 0 Å². The fourth-order valence-electron chi connectivity index (χ4n) is 2.71. The number of nitrogens with one attached hydrogen (secondary N) is 2. The van der Waals surface area contributed by atoms with Gasteiger partial charge in [-0.1, -0.05) is 15.9 Å². The quantitative estimate of drug-likeness (QED) is 0.697. The normalized spacial score (nSPS) is 14.7. The molecule has 3 rings (SSSR count). The SMILES string of the molecule is O=C(NNC(=O)c1ccc(S(=O)(=O)N2CCCC2)cc1)c1ccc(Br)cc1. The van der Waals surface area contributed by atoms with E-state index in [1.165, 1.54) is 28.6 Å².